The zero-order valence-corrected chi connectivity index (χ0v) is 10.4. The van der Waals surface area contributed by atoms with Crippen LogP contribution in [0.15, 0.2) is 16.8 Å². The van der Waals surface area contributed by atoms with E-state index in [1.54, 1.807) is 0 Å². The molecule has 2 amide bonds. The van der Waals surface area contributed by atoms with Crippen LogP contribution >= 0.6 is 0 Å². The Morgan fingerprint density at radius 3 is 3.00 bits per heavy atom. The number of carbonyl (C=O) groups is 2. The van der Waals surface area contributed by atoms with Gasteiger partial charge in [-0.25, -0.2) is 0 Å². The summed E-state index contributed by atoms with van der Waals surface area (Å²) in [6.07, 6.45) is 5.71. The second-order valence-corrected chi connectivity index (χ2v) is 4.48. The molecule has 0 aromatic carbocycles. The molecule has 1 saturated heterocycles. The molecule has 4 unspecified atom stereocenters. The van der Waals surface area contributed by atoms with Crippen LogP contribution in [-0.2, 0) is 14.3 Å². The number of nitrogens with zero attached hydrogens (tertiary/aromatic N) is 2. The van der Waals surface area contributed by atoms with Crippen molar-refractivity contribution < 1.29 is 19.4 Å². The highest BCUT2D eigenvalue weighted by atomic mass is 16.5. The number of aliphatic hydroxyl groups excluding tert-OH is 1. The molecule has 2 heterocycles. The molecule has 0 radical (unpaired) electrons. The molecule has 2 aliphatic heterocycles. The van der Waals surface area contributed by atoms with E-state index in [0.717, 1.165) is 0 Å². The number of amides is 2. The quantitative estimate of drug-likeness (QED) is 0.261. The van der Waals surface area contributed by atoms with Gasteiger partial charge in [-0.3, -0.25) is 14.9 Å². The number of terminal acetylenes is 1. The van der Waals surface area contributed by atoms with E-state index in [-0.39, 0.29) is 12.2 Å². The van der Waals surface area contributed by atoms with Crippen molar-refractivity contribution in [2.75, 3.05) is 6.61 Å². The Morgan fingerprint density at radius 2 is 2.40 bits per heavy atom. The van der Waals surface area contributed by atoms with E-state index in [1.807, 2.05) is 0 Å². The van der Waals surface area contributed by atoms with Gasteiger partial charge in [0.2, 0.25) is 10.8 Å². The molecule has 2 rings (SSSR count). The molecule has 0 aromatic rings. The van der Waals surface area contributed by atoms with E-state index >= 15 is 0 Å². The van der Waals surface area contributed by atoms with Gasteiger partial charge in [0.05, 0.1) is 24.2 Å². The van der Waals surface area contributed by atoms with Gasteiger partial charge in [-0.2, -0.15) is 0 Å². The highest BCUT2D eigenvalue weighted by Gasteiger charge is 2.44. The minimum absolute atomic E-state index is 0.0734. The fourth-order valence-electron chi connectivity index (χ4n) is 2.34. The van der Waals surface area contributed by atoms with Gasteiger partial charge in [0.1, 0.15) is 16.7 Å². The zero-order chi connectivity index (χ0) is 14.7. The topological polar surface area (TPSA) is 126 Å². The predicted octanol–water partition coefficient (Wildman–Crippen LogP) is -1.11. The average molecular weight is 277 g/mol. The first-order chi connectivity index (χ1) is 9.60. The van der Waals surface area contributed by atoms with Crippen molar-refractivity contribution in [2.45, 2.75) is 24.7 Å². The maximum atomic E-state index is 11.8. The highest BCUT2D eigenvalue weighted by Crippen LogP contribution is 2.30. The van der Waals surface area contributed by atoms with Gasteiger partial charge >= 0.3 is 0 Å². The summed E-state index contributed by atoms with van der Waals surface area (Å²) in [6.45, 7) is -0.292. The van der Waals surface area contributed by atoms with Crippen LogP contribution in [0.5, 0.6) is 0 Å². The number of ether oxygens (including phenoxy) is 1. The van der Waals surface area contributed by atoms with Crippen LogP contribution in [0.4, 0.5) is 0 Å². The Kier molecular flexibility index (Phi) is 4.05. The fraction of sp³-hybridized carbons (Fsp3) is 0.500. The number of aliphatic hydroxyl groups is 1. The maximum absolute atomic E-state index is 11.8. The zero-order valence-electron chi connectivity index (χ0n) is 10.4. The molecule has 8 nitrogen and oxygen atoms in total. The van der Waals surface area contributed by atoms with Gasteiger partial charge in [-0.05, 0) is 6.08 Å². The van der Waals surface area contributed by atoms with Crippen molar-refractivity contribution in [1.82, 2.24) is 10.2 Å². The molecule has 1 fully saturated rings. The largest absolute Gasteiger partial charge is 0.394 e. The average Bonchev–Trinajstić information content (AvgIpc) is 2.82. The highest BCUT2D eigenvalue weighted by molar-refractivity contribution is 6.10. The Morgan fingerprint density at radius 1 is 1.65 bits per heavy atom. The summed E-state index contributed by atoms with van der Waals surface area (Å²) in [4.78, 5) is 26.2. The van der Waals surface area contributed by atoms with Crippen molar-refractivity contribution in [3.8, 4) is 12.3 Å². The van der Waals surface area contributed by atoms with E-state index in [0.29, 0.717) is 6.42 Å². The SMILES string of the molecule is C#CC1=CC(C2CC(N=[N+]=N)C(CO)O2)C(=O)NC1=O. The molecule has 0 bridgehead atoms. The third kappa shape index (κ3) is 2.51. The Bertz CT molecular complexity index is 558. The van der Waals surface area contributed by atoms with Gasteiger partial charge in [-0.15, -0.1) is 6.42 Å². The Hall–Kier alpha value is -2.33. The van der Waals surface area contributed by atoms with Crippen molar-refractivity contribution in [3.63, 3.8) is 0 Å². The van der Waals surface area contributed by atoms with E-state index in [9.17, 15) is 14.7 Å². The van der Waals surface area contributed by atoms with Crippen molar-refractivity contribution in [2.24, 2.45) is 11.0 Å². The van der Waals surface area contributed by atoms with E-state index in [2.05, 4.69) is 21.3 Å². The second-order valence-electron chi connectivity index (χ2n) is 4.48. The monoisotopic (exact) mass is 277 g/mol. The summed E-state index contributed by atoms with van der Waals surface area (Å²) in [7, 11) is 0. The summed E-state index contributed by atoms with van der Waals surface area (Å²) in [5, 5.41) is 15.0. The van der Waals surface area contributed by atoms with Gasteiger partial charge in [0.15, 0.2) is 6.04 Å². The third-order valence-electron chi connectivity index (χ3n) is 3.32. The van der Waals surface area contributed by atoms with Crippen molar-refractivity contribution >= 4 is 11.8 Å². The summed E-state index contributed by atoms with van der Waals surface area (Å²) in [5.74, 6) is 0.381. The maximum Gasteiger partial charge on any atom is 0.266 e. The van der Waals surface area contributed by atoms with Crippen LogP contribution in [0, 0.1) is 23.8 Å². The molecule has 8 heteroatoms. The van der Waals surface area contributed by atoms with Crippen LogP contribution in [0.1, 0.15) is 6.42 Å². The number of hydrogen-bond donors (Lipinski definition) is 3. The predicted molar refractivity (Wildman–Crippen MR) is 65.0 cm³/mol. The minimum Gasteiger partial charge on any atom is -0.394 e. The molecule has 2 aliphatic rings. The van der Waals surface area contributed by atoms with Crippen molar-refractivity contribution in [1.29, 1.82) is 5.53 Å². The van der Waals surface area contributed by atoms with Crippen molar-refractivity contribution in [3.05, 3.63) is 11.6 Å². The minimum atomic E-state index is -0.723. The third-order valence-corrected chi connectivity index (χ3v) is 3.32. The van der Waals surface area contributed by atoms with Gasteiger partial charge in [0, 0.05) is 6.42 Å². The summed E-state index contributed by atoms with van der Waals surface area (Å²) in [5.41, 5.74) is 6.80. The number of imide groups is 1. The van der Waals surface area contributed by atoms with E-state index in [4.69, 9.17) is 16.7 Å². The van der Waals surface area contributed by atoms with Crippen LogP contribution in [-0.4, -0.2) is 41.8 Å². The van der Waals surface area contributed by atoms with Crippen LogP contribution in [0.2, 0.25) is 0 Å². The summed E-state index contributed by atoms with van der Waals surface area (Å²) in [6, 6.07) is -0.490. The lowest BCUT2D eigenvalue weighted by atomic mass is 9.92. The molecular formula is C12H13N4O4+. The number of hydrogen-bond acceptors (Lipinski definition) is 6. The number of rotatable bonds is 3. The second kappa shape index (κ2) is 5.75. The standard InChI is InChI=1S/C12H12N4O4/c1-2-6-3-7(12(19)14-11(6)18)9-4-8(15-16-13)10(5-17)20-9/h1,3,7-10,13,17H,4-5H2/p+1. The molecular weight excluding hydrogens is 264 g/mol. The number of nitrogens with one attached hydrogen (secondary N) is 2. The number of carbonyl (C=O) groups excluding carboxylic acids is 2. The van der Waals surface area contributed by atoms with Gasteiger partial charge < -0.3 is 9.84 Å². The molecule has 0 spiro atoms. The lowest BCUT2D eigenvalue weighted by Gasteiger charge is -2.23. The molecule has 0 aliphatic carbocycles. The lowest BCUT2D eigenvalue weighted by molar-refractivity contribution is -0.134. The van der Waals surface area contributed by atoms with Crippen LogP contribution in [0.25, 0.3) is 0 Å². The first-order valence-electron chi connectivity index (χ1n) is 5.97. The van der Waals surface area contributed by atoms with E-state index in [1.165, 1.54) is 6.08 Å². The summed E-state index contributed by atoms with van der Waals surface area (Å²) < 4.78 is 5.54. The molecule has 104 valence electrons. The molecule has 0 saturated carbocycles. The van der Waals surface area contributed by atoms with Crippen LogP contribution < -0.4 is 10.2 Å². The Balaban J connectivity index is 2.22. The smallest absolute Gasteiger partial charge is 0.266 e. The van der Waals surface area contributed by atoms with Crippen LogP contribution in [0.3, 0.4) is 0 Å². The summed E-state index contributed by atoms with van der Waals surface area (Å²) >= 11 is 0. The van der Waals surface area contributed by atoms with E-state index < -0.39 is 36.0 Å². The molecule has 20 heavy (non-hydrogen) atoms. The first kappa shape index (κ1) is 14.1. The lowest BCUT2D eigenvalue weighted by Crippen LogP contribution is -2.44. The fourth-order valence-corrected chi connectivity index (χ4v) is 2.34. The van der Waals surface area contributed by atoms with Gasteiger partial charge in [0.25, 0.3) is 5.91 Å². The first-order valence-corrected chi connectivity index (χ1v) is 5.97. The normalized spacial score (nSPS) is 32.9. The molecule has 4 atom stereocenters. The Labute approximate surface area is 114 Å². The van der Waals surface area contributed by atoms with Gasteiger partial charge in [-0.1, -0.05) is 5.92 Å². The molecule has 0 aromatic heterocycles. The molecule has 3 N–H and O–H groups in total.